The first-order valence-electron chi connectivity index (χ1n) is 29.3. The van der Waals surface area contributed by atoms with E-state index in [2.05, 4.69) is 21.3 Å². The number of unbranched alkanes of at least 4 members (excludes halogenated alkanes) is 14. The summed E-state index contributed by atoms with van der Waals surface area (Å²) in [5, 5.41) is 48.9. The molecule has 8 N–H and O–H groups in total. The second-order valence-electron chi connectivity index (χ2n) is 21.0. The number of aromatic hydroxyl groups is 1. The van der Waals surface area contributed by atoms with Crippen molar-refractivity contribution < 1.29 is 82.5 Å². The van der Waals surface area contributed by atoms with Gasteiger partial charge in [-0.15, -0.1) is 0 Å². The van der Waals surface area contributed by atoms with Gasteiger partial charge in [0.05, 0.1) is 58.1 Å². The highest BCUT2D eigenvalue weighted by atomic mass is 16.5. The van der Waals surface area contributed by atoms with Crippen LogP contribution in [0.1, 0.15) is 180 Å². The molecule has 456 valence electrons. The molecule has 0 aliphatic rings. The van der Waals surface area contributed by atoms with Crippen molar-refractivity contribution in [2.75, 3.05) is 79.0 Å². The van der Waals surface area contributed by atoms with Crippen LogP contribution in [0.5, 0.6) is 5.75 Å². The van der Waals surface area contributed by atoms with Gasteiger partial charge in [0.15, 0.2) is 11.6 Å². The highest BCUT2D eigenvalue weighted by molar-refractivity contribution is 5.88. The van der Waals surface area contributed by atoms with Crippen LogP contribution in [-0.4, -0.2) is 164 Å². The van der Waals surface area contributed by atoms with Crippen LogP contribution < -0.4 is 21.3 Å². The van der Waals surface area contributed by atoms with Crippen LogP contribution in [0.3, 0.4) is 0 Å². The number of phenols is 1. The number of benzene rings is 1. The molecule has 21 nitrogen and oxygen atoms in total. The molecule has 3 atom stereocenters. The van der Waals surface area contributed by atoms with Crippen molar-refractivity contribution in [1.29, 1.82) is 0 Å². The molecule has 0 aromatic heterocycles. The Kier molecular flexibility index (Phi) is 44.2. The lowest BCUT2D eigenvalue weighted by Gasteiger charge is -2.20. The number of carbonyl (C=O) groups excluding carboxylic acids is 6. The van der Waals surface area contributed by atoms with Crippen LogP contribution in [0.15, 0.2) is 24.3 Å². The zero-order chi connectivity index (χ0) is 59.0. The molecule has 21 heteroatoms. The highest BCUT2D eigenvalue weighted by Crippen LogP contribution is 2.18. The lowest BCUT2D eigenvalue weighted by molar-refractivity contribution is -0.144. The number of hydrogen-bond donors (Lipinski definition) is 8. The minimum Gasteiger partial charge on any atom is -0.508 e. The van der Waals surface area contributed by atoms with Gasteiger partial charge in [-0.25, -0.2) is 0 Å². The van der Waals surface area contributed by atoms with Crippen LogP contribution in [0.2, 0.25) is 0 Å². The Morgan fingerprint density at radius 1 is 0.463 bits per heavy atom. The van der Waals surface area contributed by atoms with Crippen molar-refractivity contribution in [2.45, 2.75) is 193 Å². The molecule has 1 aromatic rings. The second kappa shape index (κ2) is 48.5. The maximum Gasteiger partial charge on any atom is 0.321 e. The summed E-state index contributed by atoms with van der Waals surface area (Å²) < 4.78 is 21.7. The number of Topliss-reactive ketones (excluding diaryl/α,β-unsaturated/α-hetero) is 4. The zero-order valence-electron chi connectivity index (χ0n) is 48.1. The van der Waals surface area contributed by atoms with Crippen LogP contribution in [0.4, 0.5) is 0 Å². The number of ether oxygens (including phenoxy) is 4. The summed E-state index contributed by atoms with van der Waals surface area (Å²) in [7, 11) is 0. The molecule has 2 amide bonds. The number of carboxylic acid groups (broad SMARTS) is 3. The first-order valence-corrected chi connectivity index (χ1v) is 29.3. The normalized spacial score (nSPS) is 12.4. The number of ketones is 4. The lowest BCUT2D eigenvalue weighted by atomic mass is 9.94. The van der Waals surface area contributed by atoms with Gasteiger partial charge in [-0.3, -0.25) is 48.5 Å². The van der Waals surface area contributed by atoms with E-state index < -0.39 is 35.9 Å². The summed E-state index contributed by atoms with van der Waals surface area (Å²) in [6, 6.07) is 4.40. The van der Waals surface area contributed by atoms with Crippen LogP contribution in [0.25, 0.3) is 0 Å². The monoisotopic (exact) mass is 1130 g/mol. The number of amides is 2. The number of hydrogen-bond acceptors (Lipinski definition) is 16. The maximum atomic E-state index is 13.2. The average molecular weight is 1140 g/mol. The first-order chi connectivity index (χ1) is 38.5. The van der Waals surface area contributed by atoms with E-state index in [-0.39, 0.29) is 151 Å². The van der Waals surface area contributed by atoms with E-state index >= 15 is 0 Å². The molecule has 1 unspecified atom stereocenters. The van der Waals surface area contributed by atoms with Gasteiger partial charge in [0.25, 0.3) is 0 Å². The van der Waals surface area contributed by atoms with Gasteiger partial charge >= 0.3 is 17.9 Å². The third kappa shape index (κ3) is 43.6. The molecule has 0 radical (unpaired) electrons. The molecule has 0 bridgehead atoms. The van der Waals surface area contributed by atoms with Gasteiger partial charge in [-0.1, -0.05) is 103 Å². The van der Waals surface area contributed by atoms with E-state index in [1.807, 2.05) is 13.8 Å². The SMILES string of the molecule is CC(C)CC(=O)CN[C@@H](CCCCNC(=O)COCCOCCCC(=O)COCCOCCNC(=O)CCC(CC(=O)CCCCCCCCCCCCCCCCC(=O)O)C(=O)O)C(=O)CN[C@@H](Cc1ccc(O)cc1)C(=O)O. The number of nitrogens with one attached hydrogen (secondary N) is 4. The van der Waals surface area contributed by atoms with Crippen LogP contribution in [-0.2, 0) is 68.5 Å². The Balaban J connectivity index is 2.07. The summed E-state index contributed by atoms with van der Waals surface area (Å²) in [5.41, 5.74) is 0.673. The molecule has 80 heavy (non-hydrogen) atoms. The van der Waals surface area contributed by atoms with Gasteiger partial charge in [-0.05, 0) is 75.0 Å². The fourth-order valence-corrected chi connectivity index (χ4v) is 8.66. The zero-order valence-corrected chi connectivity index (χ0v) is 48.1. The van der Waals surface area contributed by atoms with E-state index in [9.17, 15) is 58.5 Å². The molecule has 1 rings (SSSR count). The van der Waals surface area contributed by atoms with Gasteiger partial charge in [-0.2, -0.15) is 0 Å². The van der Waals surface area contributed by atoms with Crippen molar-refractivity contribution >= 4 is 52.9 Å². The Hall–Kier alpha value is -5.19. The molecule has 0 aliphatic heterocycles. The van der Waals surface area contributed by atoms with Crippen LogP contribution in [0, 0.1) is 11.8 Å². The summed E-state index contributed by atoms with van der Waals surface area (Å²) in [4.78, 5) is 109. The van der Waals surface area contributed by atoms with E-state index in [1.165, 1.54) is 57.1 Å². The minimum atomic E-state index is -1.13. The first kappa shape index (κ1) is 72.8. The van der Waals surface area contributed by atoms with Gasteiger partial charge in [0, 0.05) is 58.2 Å². The van der Waals surface area contributed by atoms with Gasteiger partial charge in [0.2, 0.25) is 11.8 Å². The van der Waals surface area contributed by atoms with E-state index in [0.717, 1.165) is 44.9 Å². The molecular weight excluding hydrogens is 1040 g/mol. The molecule has 1 aromatic carbocycles. The predicted molar refractivity (Wildman–Crippen MR) is 301 cm³/mol. The fraction of sp³-hybridized carbons (Fsp3) is 0.746. The van der Waals surface area contributed by atoms with Crippen molar-refractivity contribution in [3.05, 3.63) is 29.8 Å². The summed E-state index contributed by atoms with van der Waals surface area (Å²) in [6.07, 6.45) is 18.4. The topological polar surface area (TPSA) is 320 Å². The molecule has 0 saturated carbocycles. The van der Waals surface area contributed by atoms with E-state index in [4.69, 9.17) is 24.1 Å². The third-order valence-electron chi connectivity index (χ3n) is 13.2. The predicted octanol–water partition coefficient (Wildman–Crippen LogP) is 6.70. The number of aliphatic carboxylic acids is 3. The van der Waals surface area contributed by atoms with E-state index in [0.29, 0.717) is 57.2 Å². The average Bonchev–Trinajstić information content (AvgIpc) is 3.41. The standard InChI is InChI=1S/C59H98N4O17/c1-45(2)38-51(67)41-62-52(54(68)42-63-53(59(75)76)39-46-24-27-48(64)28-25-46)22-17-18-30-60-56(70)44-80-37-34-77-32-19-21-50(66)43-79-36-35-78-33-31-61-55(69)29-26-47(58(73)74)40-49(65)20-15-13-11-9-7-5-3-4-6-8-10-12-14-16-23-57(71)72/h24-25,27-28,45,47,52-53,62-64H,3-23,26,29-44H2,1-2H3,(H,60,70)(H,61,69)(H,71,72)(H,73,74)(H,75,76)/t47?,52-,53-/m0/s1. The van der Waals surface area contributed by atoms with Crippen molar-refractivity contribution in [3.8, 4) is 5.75 Å². The summed E-state index contributed by atoms with van der Waals surface area (Å²) >= 11 is 0. The molecular formula is C59H98N4O17. The van der Waals surface area contributed by atoms with Crippen molar-refractivity contribution in [1.82, 2.24) is 21.3 Å². The quantitative estimate of drug-likeness (QED) is 0.0314. The number of carboxylic acids is 3. The van der Waals surface area contributed by atoms with Gasteiger partial charge in [0.1, 0.15) is 36.6 Å². The second-order valence-corrected chi connectivity index (χ2v) is 21.0. The minimum absolute atomic E-state index is 0.00549. The largest absolute Gasteiger partial charge is 0.508 e. The van der Waals surface area contributed by atoms with Gasteiger partial charge < -0.3 is 55.3 Å². The third-order valence-corrected chi connectivity index (χ3v) is 13.2. The smallest absolute Gasteiger partial charge is 0.321 e. The molecule has 0 aliphatic carbocycles. The highest BCUT2D eigenvalue weighted by Gasteiger charge is 2.24. The number of rotatable bonds is 57. The fourth-order valence-electron chi connectivity index (χ4n) is 8.66. The molecule has 0 saturated heterocycles. The maximum absolute atomic E-state index is 13.2. The Labute approximate surface area is 474 Å². The van der Waals surface area contributed by atoms with Crippen molar-refractivity contribution in [2.24, 2.45) is 11.8 Å². The Bertz CT molecular complexity index is 1900. The lowest BCUT2D eigenvalue weighted by Crippen LogP contribution is -2.47. The number of phenolic OH excluding ortho intramolecular Hbond substituents is 1. The molecule has 0 spiro atoms. The van der Waals surface area contributed by atoms with Crippen LogP contribution >= 0.6 is 0 Å². The molecule has 0 heterocycles. The number of carbonyl (C=O) groups is 9. The molecule has 0 fully saturated rings. The summed E-state index contributed by atoms with van der Waals surface area (Å²) in [5.74, 6) is -4.78. The summed E-state index contributed by atoms with van der Waals surface area (Å²) in [6.45, 7) is 5.24. The Morgan fingerprint density at radius 2 is 1.00 bits per heavy atom. The van der Waals surface area contributed by atoms with E-state index in [1.54, 1.807) is 12.1 Å². The van der Waals surface area contributed by atoms with Crippen molar-refractivity contribution in [3.63, 3.8) is 0 Å². The Morgan fingerprint density at radius 3 is 1.59 bits per heavy atom.